The summed E-state index contributed by atoms with van der Waals surface area (Å²) in [4.78, 5) is 0. The molecule has 2 nitrogen and oxygen atoms in total. The molecule has 0 spiro atoms. The van der Waals surface area contributed by atoms with E-state index in [1.807, 2.05) is 12.1 Å². The van der Waals surface area contributed by atoms with Crippen LogP contribution in [0.15, 0.2) is 24.3 Å². The van der Waals surface area contributed by atoms with Gasteiger partial charge in [0.15, 0.2) is 0 Å². The van der Waals surface area contributed by atoms with E-state index >= 15 is 0 Å². The monoisotopic (exact) mass is 272 g/mol. The van der Waals surface area contributed by atoms with Crippen molar-refractivity contribution in [3.05, 3.63) is 29.8 Å². The standard InChI is InChI=1S/C12H17BrO2/c13-8-2-10-15-12-6-4-11(5-7-12)3-1-9-14/h4-7,14H,1-3,8-10H2. The van der Waals surface area contributed by atoms with E-state index in [9.17, 15) is 0 Å². The molecule has 0 radical (unpaired) electrons. The largest absolute Gasteiger partial charge is 0.494 e. The first-order valence-corrected chi connectivity index (χ1v) is 6.37. The highest BCUT2D eigenvalue weighted by Gasteiger charge is 1.95. The van der Waals surface area contributed by atoms with Gasteiger partial charge in [-0.3, -0.25) is 0 Å². The van der Waals surface area contributed by atoms with Crippen LogP contribution in [0.2, 0.25) is 0 Å². The van der Waals surface area contributed by atoms with Crippen molar-refractivity contribution in [2.45, 2.75) is 19.3 Å². The second-order valence-corrected chi connectivity index (χ2v) is 4.16. The third kappa shape index (κ3) is 5.19. The molecule has 3 heteroatoms. The lowest BCUT2D eigenvalue weighted by atomic mass is 10.1. The van der Waals surface area contributed by atoms with Crippen LogP contribution in [0.3, 0.4) is 0 Å². The molecule has 84 valence electrons. The lowest BCUT2D eigenvalue weighted by Crippen LogP contribution is -1.97. The maximum Gasteiger partial charge on any atom is 0.119 e. The number of aliphatic hydroxyl groups excluding tert-OH is 1. The molecule has 15 heavy (non-hydrogen) atoms. The Morgan fingerprint density at radius 1 is 1.13 bits per heavy atom. The van der Waals surface area contributed by atoms with Crippen LogP contribution in [0.25, 0.3) is 0 Å². The zero-order chi connectivity index (χ0) is 10.9. The van der Waals surface area contributed by atoms with Crippen LogP contribution < -0.4 is 4.74 Å². The summed E-state index contributed by atoms with van der Waals surface area (Å²) in [7, 11) is 0. The van der Waals surface area contributed by atoms with E-state index in [0.29, 0.717) is 0 Å². The molecule has 0 atom stereocenters. The number of benzene rings is 1. The number of rotatable bonds is 7. The Kier molecular flexibility index (Phi) is 6.44. The van der Waals surface area contributed by atoms with E-state index < -0.39 is 0 Å². The molecule has 1 aromatic rings. The van der Waals surface area contributed by atoms with Crippen molar-refractivity contribution >= 4 is 15.9 Å². The van der Waals surface area contributed by atoms with Crippen molar-refractivity contribution in [1.29, 1.82) is 0 Å². The number of hydrogen-bond donors (Lipinski definition) is 1. The molecule has 0 saturated carbocycles. The predicted octanol–water partition coefficient (Wildman–Crippen LogP) is 2.78. The first kappa shape index (κ1) is 12.5. The third-order valence-corrected chi connectivity index (χ3v) is 2.65. The third-order valence-electron chi connectivity index (χ3n) is 2.09. The fourth-order valence-corrected chi connectivity index (χ4v) is 1.51. The van der Waals surface area contributed by atoms with E-state index in [4.69, 9.17) is 9.84 Å². The van der Waals surface area contributed by atoms with Crippen LogP contribution in [-0.2, 0) is 6.42 Å². The van der Waals surface area contributed by atoms with Gasteiger partial charge in [0.1, 0.15) is 5.75 Å². The van der Waals surface area contributed by atoms with Gasteiger partial charge in [-0.1, -0.05) is 28.1 Å². The van der Waals surface area contributed by atoms with E-state index in [1.165, 1.54) is 5.56 Å². The van der Waals surface area contributed by atoms with Gasteiger partial charge in [-0.25, -0.2) is 0 Å². The minimum Gasteiger partial charge on any atom is -0.494 e. The fraction of sp³-hybridized carbons (Fsp3) is 0.500. The first-order valence-electron chi connectivity index (χ1n) is 5.25. The molecular weight excluding hydrogens is 256 g/mol. The van der Waals surface area contributed by atoms with Gasteiger partial charge >= 0.3 is 0 Å². The van der Waals surface area contributed by atoms with Gasteiger partial charge in [-0.05, 0) is 37.0 Å². The summed E-state index contributed by atoms with van der Waals surface area (Å²) >= 11 is 3.36. The highest BCUT2D eigenvalue weighted by Crippen LogP contribution is 2.13. The van der Waals surface area contributed by atoms with Crippen LogP contribution in [0.1, 0.15) is 18.4 Å². The molecule has 0 fully saturated rings. The molecule has 0 amide bonds. The summed E-state index contributed by atoms with van der Waals surface area (Å²) in [5.74, 6) is 0.920. The van der Waals surface area contributed by atoms with Crippen molar-refractivity contribution < 1.29 is 9.84 Å². The van der Waals surface area contributed by atoms with Gasteiger partial charge < -0.3 is 9.84 Å². The second kappa shape index (κ2) is 7.71. The summed E-state index contributed by atoms with van der Waals surface area (Å²) in [5, 5.41) is 9.67. The molecule has 1 rings (SSSR count). The maximum absolute atomic E-state index is 8.70. The molecule has 1 aromatic carbocycles. The lowest BCUT2D eigenvalue weighted by molar-refractivity contribution is 0.288. The summed E-state index contributed by atoms with van der Waals surface area (Å²) in [6.07, 6.45) is 2.77. The second-order valence-electron chi connectivity index (χ2n) is 3.36. The number of alkyl halides is 1. The van der Waals surface area contributed by atoms with E-state index in [1.54, 1.807) is 0 Å². The Morgan fingerprint density at radius 3 is 2.47 bits per heavy atom. The average molecular weight is 273 g/mol. The van der Waals surface area contributed by atoms with E-state index in [-0.39, 0.29) is 6.61 Å². The highest BCUT2D eigenvalue weighted by atomic mass is 79.9. The van der Waals surface area contributed by atoms with Crippen LogP contribution in [-0.4, -0.2) is 23.7 Å². The summed E-state index contributed by atoms with van der Waals surface area (Å²) in [5.41, 5.74) is 1.25. The van der Waals surface area contributed by atoms with Crippen molar-refractivity contribution in [2.24, 2.45) is 0 Å². The molecule has 0 saturated heterocycles. The minimum atomic E-state index is 0.253. The van der Waals surface area contributed by atoms with Crippen LogP contribution in [0, 0.1) is 0 Å². The number of aryl methyl sites for hydroxylation is 1. The Hall–Kier alpha value is -0.540. The number of halogens is 1. The molecule has 0 unspecified atom stereocenters. The molecule has 0 heterocycles. The Bertz CT molecular complexity index is 259. The zero-order valence-electron chi connectivity index (χ0n) is 8.79. The van der Waals surface area contributed by atoms with Gasteiger partial charge in [-0.2, -0.15) is 0 Å². The van der Waals surface area contributed by atoms with Crippen molar-refractivity contribution in [3.63, 3.8) is 0 Å². The molecule has 0 aliphatic carbocycles. The normalized spacial score (nSPS) is 10.3. The van der Waals surface area contributed by atoms with Crippen molar-refractivity contribution in [3.8, 4) is 5.75 Å². The number of hydrogen-bond acceptors (Lipinski definition) is 2. The highest BCUT2D eigenvalue weighted by molar-refractivity contribution is 9.09. The number of aliphatic hydroxyl groups is 1. The molecular formula is C12H17BrO2. The summed E-state index contributed by atoms with van der Waals surface area (Å²) in [6.45, 7) is 1.00. The molecule has 0 aromatic heterocycles. The van der Waals surface area contributed by atoms with Gasteiger partial charge in [0.2, 0.25) is 0 Å². The fourth-order valence-electron chi connectivity index (χ4n) is 1.28. The molecule has 0 aliphatic rings. The van der Waals surface area contributed by atoms with Gasteiger partial charge in [0.25, 0.3) is 0 Å². The lowest BCUT2D eigenvalue weighted by Gasteiger charge is -2.05. The quantitative estimate of drug-likeness (QED) is 0.611. The van der Waals surface area contributed by atoms with Crippen LogP contribution >= 0.6 is 15.9 Å². The molecule has 1 N–H and O–H groups in total. The summed E-state index contributed by atoms with van der Waals surface area (Å²) < 4.78 is 5.53. The van der Waals surface area contributed by atoms with E-state index in [2.05, 4.69) is 28.1 Å². The van der Waals surface area contributed by atoms with E-state index in [0.717, 1.165) is 36.9 Å². The molecule has 0 bridgehead atoms. The summed E-state index contributed by atoms with van der Waals surface area (Å²) in [6, 6.07) is 8.08. The Morgan fingerprint density at radius 2 is 1.87 bits per heavy atom. The van der Waals surface area contributed by atoms with Gasteiger partial charge in [-0.15, -0.1) is 0 Å². The minimum absolute atomic E-state index is 0.253. The Balaban J connectivity index is 2.35. The van der Waals surface area contributed by atoms with Crippen LogP contribution in [0.4, 0.5) is 0 Å². The predicted molar refractivity (Wildman–Crippen MR) is 65.8 cm³/mol. The smallest absolute Gasteiger partial charge is 0.119 e. The average Bonchev–Trinajstić information content (AvgIpc) is 2.28. The zero-order valence-corrected chi connectivity index (χ0v) is 10.4. The SMILES string of the molecule is OCCCc1ccc(OCCCBr)cc1. The van der Waals surface area contributed by atoms with Crippen molar-refractivity contribution in [1.82, 2.24) is 0 Å². The van der Waals surface area contributed by atoms with Gasteiger partial charge in [0.05, 0.1) is 6.61 Å². The topological polar surface area (TPSA) is 29.5 Å². The van der Waals surface area contributed by atoms with Crippen molar-refractivity contribution in [2.75, 3.05) is 18.5 Å². The van der Waals surface area contributed by atoms with Crippen LogP contribution in [0.5, 0.6) is 5.75 Å². The number of ether oxygens (including phenoxy) is 1. The first-order chi connectivity index (χ1) is 7.36. The maximum atomic E-state index is 8.70. The Labute approximate surface area is 99.4 Å². The van der Waals surface area contributed by atoms with Gasteiger partial charge in [0, 0.05) is 11.9 Å². The molecule has 0 aliphatic heterocycles.